The number of Topliss-reactive ketones (excluding diaryl/α,β-unsaturated/α-hetero) is 1. The first-order valence-corrected chi connectivity index (χ1v) is 17.2. The summed E-state index contributed by atoms with van der Waals surface area (Å²) in [6.45, 7) is 7.07. The van der Waals surface area contributed by atoms with Crippen LogP contribution in [-0.2, 0) is 4.79 Å². The molecule has 3 fully saturated rings. The van der Waals surface area contributed by atoms with Gasteiger partial charge in [-0.15, -0.1) is 0 Å². The molecule has 0 N–H and O–H groups in total. The fourth-order valence-corrected chi connectivity index (χ4v) is 8.59. The van der Waals surface area contributed by atoms with Crippen LogP contribution in [0.2, 0.25) is 0 Å². The van der Waals surface area contributed by atoms with Gasteiger partial charge in [-0.1, -0.05) is 109 Å². The molecule has 38 heavy (non-hydrogen) atoms. The maximum atomic E-state index is 13.5. The van der Waals surface area contributed by atoms with Crippen molar-refractivity contribution in [1.82, 2.24) is 0 Å². The summed E-state index contributed by atoms with van der Waals surface area (Å²) in [4.78, 5) is 13.5. The third-order valence-corrected chi connectivity index (χ3v) is 11.3. The van der Waals surface area contributed by atoms with Gasteiger partial charge in [0.2, 0.25) is 0 Å². The summed E-state index contributed by atoms with van der Waals surface area (Å²) in [6.07, 6.45) is 26.8. The van der Waals surface area contributed by atoms with Gasteiger partial charge in [-0.05, 0) is 104 Å². The van der Waals surface area contributed by atoms with E-state index >= 15 is 0 Å². The second-order valence-corrected chi connectivity index (χ2v) is 14.0. The Hall–Kier alpha value is -1.11. The van der Waals surface area contributed by atoms with Crippen LogP contribution in [-0.4, -0.2) is 5.78 Å². The van der Waals surface area contributed by atoms with Gasteiger partial charge in [0.25, 0.3) is 0 Å². The van der Waals surface area contributed by atoms with Crippen molar-refractivity contribution in [3.05, 3.63) is 35.4 Å². The van der Waals surface area contributed by atoms with Crippen molar-refractivity contribution in [1.29, 1.82) is 0 Å². The molecule has 0 heterocycles. The normalized spacial score (nSPS) is 31.3. The lowest BCUT2D eigenvalue weighted by Crippen LogP contribution is -2.32. The summed E-state index contributed by atoms with van der Waals surface area (Å²) in [7, 11) is 0. The van der Waals surface area contributed by atoms with Crippen LogP contribution in [0.5, 0.6) is 0 Å². The number of ketones is 1. The molecule has 1 aromatic rings. The van der Waals surface area contributed by atoms with Crippen molar-refractivity contribution in [2.45, 2.75) is 161 Å². The Morgan fingerprint density at radius 1 is 0.711 bits per heavy atom. The number of carbonyl (C=O) groups excluding carboxylic acids is 1. The van der Waals surface area contributed by atoms with Gasteiger partial charge in [-0.2, -0.15) is 0 Å². The van der Waals surface area contributed by atoms with Gasteiger partial charge in [-0.25, -0.2) is 0 Å². The summed E-state index contributed by atoms with van der Waals surface area (Å²) < 4.78 is 0. The van der Waals surface area contributed by atoms with E-state index in [2.05, 4.69) is 45.0 Å². The maximum Gasteiger partial charge on any atom is 0.136 e. The standard InChI is InChI=1S/C37H60O/c1-4-6-7-8-9-10-13-29-16-20-32(21-17-29)36-25-24-33(27-37(36)38)35-15-12-11-14-34(35)31-22-18-30(19-23-31)26-28(3)5-2/h11-12,14-15,28-33,36H,4-10,13,16-27H2,1-3H3/t28?,29?,30?,31?,32?,33-,36+/m1/s1. The molecule has 0 saturated heterocycles. The van der Waals surface area contributed by atoms with Crippen molar-refractivity contribution in [2.24, 2.45) is 29.6 Å². The zero-order valence-corrected chi connectivity index (χ0v) is 25.4. The first kappa shape index (κ1) is 29.9. The Morgan fingerprint density at radius 2 is 1.32 bits per heavy atom. The van der Waals surface area contributed by atoms with Crippen LogP contribution in [0.4, 0.5) is 0 Å². The smallest absolute Gasteiger partial charge is 0.136 e. The lowest BCUT2D eigenvalue weighted by atomic mass is 9.66. The van der Waals surface area contributed by atoms with Crippen LogP contribution in [0.25, 0.3) is 0 Å². The fourth-order valence-electron chi connectivity index (χ4n) is 8.59. The molecule has 0 radical (unpaired) electrons. The van der Waals surface area contributed by atoms with Crippen molar-refractivity contribution in [3.8, 4) is 0 Å². The van der Waals surface area contributed by atoms with Gasteiger partial charge in [0.05, 0.1) is 0 Å². The molecule has 0 spiro atoms. The van der Waals surface area contributed by atoms with Gasteiger partial charge < -0.3 is 0 Å². The SMILES string of the molecule is CCCCCCCCC1CCC([C@@H]2CC[C@@H](c3ccccc3C3CCC(CC(C)CC)CC3)CC2=O)CC1. The highest BCUT2D eigenvalue weighted by atomic mass is 16.1. The molecule has 1 nitrogen and oxygen atoms in total. The van der Waals surface area contributed by atoms with E-state index in [1.54, 1.807) is 5.56 Å². The Balaban J connectivity index is 1.23. The maximum absolute atomic E-state index is 13.5. The van der Waals surface area contributed by atoms with Crippen LogP contribution < -0.4 is 0 Å². The number of rotatable bonds is 13. The van der Waals surface area contributed by atoms with E-state index in [0.717, 1.165) is 30.6 Å². The van der Waals surface area contributed by atoms with Crippen LogP contribution >= 0.6 is 0 Å². The van der Waals surface area contributed by atoms with E-state index in [9.17, 15) is 4.79 Å². The number of carbonyl (C=O) groups is 1. The van der Waals surface area contributed by atoms with Gasteiger partial charge in [0, 0.05) is 12.3 Å². The zero-order valence-electron chi connectivity index (χ0n) is 25.4. The van der Waals surface area contributed by atoms with E-state index in [-0.39, 0.29) is 0 Å². The highest BCUT2D eigenvalue weighted by Crippen LogP contribution is 2.46. The van der Waals surface area contributed by atoms with Gasteiger partial charge in [0.1, 0.15) is 5.78 Å². The van der Waals surface area contributed by atoms with E-state index in [1.165, 1.54) is 121 Å². The third kappa shape index (κ3) is 8.44. The molecule has 0 amide bonds. The van der Waals surface area contributed by atoms with E-state index in [4.69, 9.17) is 0 Å². The first-order chi connectivity index (χ1) is 18.6. The predicted molar refractivity (Wildman–Crippen MR) is 164 cm³/mol. The van der Waals surface area contributed by atoms with E-state index in [0.29, 0.717) is 29.5 Å². The minimum absolute atomic E-state index is 0.365. The van der Waals surface area contributed by atoms with Crippen LogP contribution in [0, 0.1) is 29.6 Å². The van der Waals surface area contributed by atoms with Crippen molar-refractivity contribution < 1.29 is 4.79 Å². The summed E-state index contributed by atoms with van der Waals surface area (Å²) >= 11 is 0. The van der Waals surface area contributed by atoms with Crippen LogP contribution in [0.3, 0.4) is 0 Å². The minimum atomic E-state index is 0.365. The molecular weight excluding hydrogens is 460 g/mol. The number of hydrogen-bond acceptors (Lipinski definition) is 1. The first-order valence-electron chi connectivity index (χ1n) is 17.2. The molecule has 4 rings (SSSR count). The third-order valence-electron chi connectivity index (χ3n) is 11.3. The molecular formula is C37H60O. The molecule has 1 unspecified atom stereocenters. The van der Waals surface area contributed by atoms with Gasteiger partial charge in [-0.3, -0.25) is 4.79 Å². The van der Waals surface area contributed by atoms with Crippen molar-refractivity contribution >= 4 is 5.78 Å². The summed E-state index contributed by atoms with van der Waals surface area (Å²) in [5.41, 5.74) is 3.13. The Bertz CT molecular complexity index is 810. The molecule has 3 aliphatic carbocycles. The molecule has 0 aromatic heterocycles. The summed E-state index contributed by atoms with van der Waals surface area (Å²) in [6, 6.07) is 9.28. The predicted octanol–water partition coefficient (Wildman–Crippen LogP) is 11.4. The highest BCUT2D eigenvalue weighted by Gasteiger charge is 2.37. The molecule has 1 heteroatoms. The topological polar surface area (TPSA) is 17.1 Å². The average Bonchev–Trinajstić information content (AvgIpc) is 2.95. The van der Waals surface area contributed by atoms with Gasteiger partial charge >= 0.3 is 0 Å². The second kappa shape index (κ2) is 15.6. The Kier molecular flexibility index (Phi) is 12.3. The van der Waals surface area contributed by atoms with E-state index < -0.39 is 0 Å². The Labute approximate surface area is 236 Å². The van der Waals surface area contributed by atoms with Gasteiger partial charge in [0.15, 0.2) is 0 Å². The van der Waals surface area contributed by atoms with Crippen molar-refractivity contribution in [2.75, 3.05) is 0 Å². The molecule has 0 bridgehead atoms. The molecule has 3 saturated carbocycles. The van der Waals surface area contributed by atoms with Crippen LogP contribution in [0.15, 0.2) is 24.3 Å². The summed E-state index contributed by atoms with van der Waals surface area (Å²) in [5.74, 6) is 5.59. The van der Waals surface area contributed by atoms with Crippen LogP contribution in [0.1, 0.15) is 172 Å². The molecule has 1 aromatic carbocycles. The van der Waals surface area contributed by atoms with E-state index in [1.807, 2.05) is 0 Å². The Morgan fingerprint density at radius 3 is 1.97 bits per heavy atom. The largest absolute Gasteiger partial charge is 0.299 e. The van der Waals surface area contributed by atoms with Crippen molar-refractivity contribution in [3.63, 3.8) is 0 Å². The average molecular weight is 521 g/mol. The lowest BCUT2D eigenvalue weighted by molar-refractivity contribution is -0.127. The molecule has 3 aliphatic rings. The molecule has 214 valence electrons. The summed E-state index contributed by atoms with van der Waals surface area (Å²) in [5, 5.41) is 0. The minimum Gasteiger partial charge on any atom is -0.299 e. The monoisotopic (exact) mass is 520 g/mol. The number of unbranched alkanes of at least 4 members (excludes halogenated alkanes) is 5. The number of hydrogen-bond donors (Lipinski definition) is 0. The highest BCUT2D eigenvalue weighted by molar-refractivity contribution is 5.83. The zero-order chi connectivity index (χ0) is 26.7. The second-order valence-electron chi connectivity index (χ2n) is 14.0. The quantitative estimate of drug-likeness (QED) is 0.236. The fraction of sp³-hybridized carbons (Fsp3) is 0.811. The lowest BCUT2D eigenvalue weighted by Gasteiger charge is -2.38. The molecule has 3 atom stereocenters. The number of benzene rings is 1. The molecule has 0 aliphatic heterocycles.